The van der Waals surface area contributed by atoms with E-state index in [-0.39, 0.29) is 30.8 Å². The van der Waals surface area contributed by atoms with Crippen molar-refractivity contribution in [1.29, 1.82) is 5.26 Å². The molecule has 6 aliphatic rings. The topological polar surface area (TPSA) is 126 Å². The van der Waals surface area contributed by atoms with Gasteiger partial charge in [0.05, 0.1) is 24.9 Å². The Morgan fingerprint density at radius 1 is 1.21 bits per heavy atom. The van der Waals surface area contributed by atoms with E-state index in [0.717, 1.165) is 38.5 Å². The highest BCUT2D eigenvalue weighted by Crippen LogP contribution is 2.65. The second-order valence-electron chi connectivity index (χ2n) is 10.1. The van der Waals surface area contributed by atoms with Crippen LogP contribution in [-0.2, 0) is 14.3 Å². The number of aliphatic hydroxyl groups excluding tert-OH is 1. The van der Waals surface area contributed by atoms with E-state index in [0.29, 0.717) is 30.6 Å². The van der Waals surface area contributed by atoms with Gasteiger partial charge < -0.3 is 25.2 Å². The number of nitrogens with zero attached hydrogens (tertiary/aromatic N) is 2. The van der Waals surface area contributed by atoms with Crippen molar-refractivity contribution in [2.45, 2.75) is 75.2 Å². The van der Waals surface area contributed by atoms with Crippen molar-refractivity contribution in [2.24, 2.45) is 28.9 Å². The number of hydrogen-bond acceptors (Lipinski definition) is 6. The van der Waals surface area contributed by atoms with Crippen LogP contribution in [0.15, 0.2) is 0 Å². The van der Waals surface area contributed by atoms with Gasteiger partial charge in [0.2, 0.25) is 0 Å². The van der Waals surface area contributed by atoms with E-state index in [1.807, 2.05) is 0 Å². The lowest BCUT2D eigenvalue weighted by molar-refractivity contribution is -0.220. The van der Waals surface area contributed by atoms with Gasteiger partial charge in [-0.1, -0.05) is 0 Å². The Bertz CT molecular complexity index is 750. The average Bonchev–Trinajstić information content (AvgIpc) is 3.32. The number of ether oxygens (including phenoxy) is 2. The Hall–Kier alpha value is -1.85. The standard InChI is InChI=1S/C21H29N3O5/c22-10-15-4-14-5-16(14)24(15)18(26)17(29-19(23)27)20-6-12-3-13(7-20)9-21(8-12,11-20)28-2-1-25/h12-17,25H,1-9,11H2,(H2,23,27)/t12-,13?,14+,15-,16-,17+,20?,21?/m0/s1. The van der Waals surface area contributed by atoms with E-state index in [1.165, 1.54) is 0 Å². The van der Waals surface area contributed by atoms with Crippen LogP contribution in [0.2, 0.25) is 0 Å². The van der Waals surface area contributed by atoms with Gasteiger partial charge in [0.25, 0.3) is 5.91 Å². The molecular formula is C21H29N3O5. The molecule has 0 spiro atoms. The first-order chi connectivity index (χ1) is 13.9. The molecule has 2 amide bonds. The summed E-state index contributed by atoms with van der Waals surface area (Å²) >= 11 is 0. The minimum Gasteiger partial charge on any atom is -0.436 e. The molecule has 4 bridgehead atoms. The molecule has 3 unspecified atom stereocenters. The first kappa shape index (κ1) is 19.1. The lowest BCUT2D eigenvalue weighted by Crippen LogP contribution is -2.64. The molecule has 1 saturated heterocycles. The SMILES string of the molecule is N#C[C@@H]1C[C@@H]2C[C@@H]2N1C(=O)[C@@H](OC(N)=O)C12CC3C[C@H](CC(OCCO)(C3)C1)C2. The van der Waals surface area contributed by atoms with E-state index in [2.05, 4.69) is 6.07 Å². The Labute approximate surface area is 170 Å². The van der Waals surface area contributed by atoms with E-state index in [9.17, 15) is 20.0 Å². The number of fused-ring (bicyclic) bond motifs is 1. The third-order valence-corrected chi connectivity index (χ3v) is 8.07. The van der Waals surface area contributed by atoms with Crippen LogP contribution in [0.4, 0.5) is 4.79 Å². The zero-order valence-electron chi connectivity index (χ0n) is 16.6. The zero-order chi connectivity index (χ0) is 20.4. The minimum absolute atomic E-state index is 0.0368. The Balaban J connectivity index is 1.47. The smallest absolute Gasteiger partial charge is 0.405 e. The number of hydrogen-bond donors (Lipinski definition) is 2. The van der Waals surface area contributed by atoms with Crippen molar-refractivity contribution in [2.75, 3.05) is 13.2 Å². The van der Waals surface area contributed by atoms with Gasteiger partial charge >= 0.3 is 6.09 Å². The molecule has 8 nitrogen and oxygen atoms in total. The van der Waals surface area contributed by atoms with E-state index in [1.54, 1.807) is 4.90 Å². The van der Waals surface area contributed by atoms with Gasteiger partial charge in [-0.3, -0.25) is 4.79 Å². The summed E-state index contributed by atoms with van der Waals surface area (Å²) < 4.78 is 11.7. The van der Waals surface area contributed by atoms with Crippen LogP contribution in [0.5, 0.6) is 0 Å². The summed E-state index contributed by atoms with van der Waals surface area (Å²) in [7, 11) is 0. The predicted octanol–water partition coefficient (Wildman–Crippen LogP) is 1.31. The summed E-state index contributed by atoms with van der Waals surface area (Å²) in [6.45, 7) is 0.238. The van der Waals surface area contributed by atoms with E-state index in [4.69, 9.17) is 15.2 Å². The molecule has 1 heterocycles. The van der Waals surface area contributed by atoms with E-state index < -0.39 is 23.7 Å². The normalized spacial score (nSPS) is 44.8. The van der Waals surface area contributed by atoms with E-state index >= 15 is 0 Å². The monoisotopic (exact) mass is 403 g/mol. The molecule has 0 aromatic carbocycles. The second-order valence-corrected chi connectivity index (χ2v) is 10.1. The third kappa shape index (κ3) is 3.01. The number of carbonyl (C=O) groups is 2. The van der Waals surface area contributed by atoms with Crippen LogP contribution in [-0.4, -0.2) is 59.0 Å². The number of amides is 2. The number of primary amides is 1. The molecule has 0 radical (unpaired) electrons. The van der Waals surface area contributed by atoms with Gasteiger partial charge in [0.1, 0.15) is 6.04 Å². The summed E-state index contributed by atoms with van der Waals surface area (Å²) in [6.07, 6.45) is 4.97. The van der Waals surface area contributed by atoms with Crippen molar-refractivity contribution in [3.8, 4) is 6.07 Å². The number of carbonyl (C=O) groups excluding carboxylic acids is 2. The van der Waals surface area contributed by atoms with Crippen LogP contribution in [0.25, 0.3) is 0 Å². The van der Waals surface area contributed by atoms with Gasteiger partial charge in [-0.25, -0.2) is 4.79 Å². The van der Waals surface area contributed by atoms with Crippen molar-refractivity contribution < 1.29 is 24.2 Å². The highest BCUT2D eigenvalue weighted by atomic mass is 16.6. The molecule has 6 rings (SSSR count). The molecule has 6 fully saturated rings. The molecule has 8 atom stereocenters. The van der Waals surface area contributed by atoms with Crippen LogP contribution < -0.4 is 5.73 Å². The van der Waals surface area contributed by atoms with Crippen LogP contribution >= 0.6 is 0 Å². The largest absolute Gasteiger partial charge is 0.436 e. The fourth-order valence-electron chi connectivity index (χ4n) is 7.56. The zero-order valence-corrected chi connectivity index (χ0v) is 16.6. The van der Waals surface area contributed by atoms with Crippen molar-refractivity contribution in [1.82, 2.24) is 4.90 Å². The first-order valence-corrected chi connectivity index (χ1v) is 10.8. The Morgan fingerprint density at radius 3 is 2.55 bits per heavy atom. The maximum Gasteiger partial charge on any atom is 0.405 e. The van der Waals surface area contributed by atoms with Gasteiger partial charge in [-0.05, 0) is 69.1 Å². The number of likely N-dealkylation sites (tertiary alicyclic amines) is 1. The fourth-order valence-corrected chi connectivity index (χ4v) is 7.56. The average molecular weight is 403 g/mol. The van der Waals surface area contributed by atoms with Crippen molar-refractivity contribution in [3.63, 3.8) is 0 Å². The fraction of sp³-hybridized carbons (Fsp3) is 0.857. The lowest BCUT2D eigenvalue weighted by atomic mass is 9.46. The number of piperidine rings is 1. The Morgan fingerprint density at radius 2 is 1.93 bits per heavy atom. The highest BCUT2D eigenvalue weighted by molar-refractivity contribution is 5.86. The van der Waals surface area contributed by atoms with Crippen LogP contribution in [0.1, 0.15) is 51.4 Å². The molecule has 0 aromatic heterocycles. The quantitative estimate of drug-likeness (QED) is 0.689. The molecule has 0 aromatic rings. The number of nitrogens with two attached hydrogens (primary N) is 1. The predicted molar refractivity (Wildman–Crippen MR) is 100 cm³/mol. The Kier molecular flexibility index (Phi) is 4.34. The molecular weight excluding hydrogens is 374 g/mol. The summed E-state index contributed by atoms with van der Waals surface area (Å²) in [6, 6.07) is 1.91. The molecule has 5 saturated carbocycles. The number of nitriles is 1. The van der Waals surface area contributed by atoms with Gasteiger partial charge in [0.15, 0.2) is 6.10 Å². The number of rotatable bonds is 6. The molecule has 5 aliphatic carbocycles. The maximum absolute atomic E-state index is 13.7. The lowest BCUT2D eigenvalue weighted by Gasteiger charge is -2.62. The number of aliphatic hydroxyl groups is 1. The summed E-state index contributed by atoms with van der Waals surface area (Å²) in [5.41, 5.74) is 4.54. The highest BCUT2D eigenvalue weighted by Gasteiger charge is 2.65. The maximum atomic E-state index is 13.7. The summed E-state index contributed by atoms with van der Waals surface area (Å²) in [5.74, 6) is 0.981. The minimum atomic E-state index is -0.960. The third-order valence-electron chi connectivity index (χ3n) is 8.07. The molecule has 29 heavy (non-hydrogen) atoms. The molecule has 3 N–H and O–H groups in total. The van der Waals surface area contributed by atoms with Gasteiger partial charge in [-0.2, -0.15) is 5.26 Å². The van der Waals surface area contributed by atoms with Crippen LogP contribution in [0.3, 0.4) is 0 Å². The first-order valence-electron chi connectivity index (χ1n) is 10.8. The molecule has 1 aliphatic heterocycles. The summed E-state index contributed by atoms with van der Waals surface area (Å²) in [4.78, 5) is 27.2. The van der Waals surface area contributed by atoms with Crippen molar-refractivity contribution in [3.05, 3.63) is 0 Å². The summed E-state index contributed by atoms with van der Waals surface area (Å²) in [5, 5.41) is 18.8. The molecule has 8 heteroatoms. The van der Waals surface area contributed by atoms with Gasteiger partial charge in [0, 0.05) is 11.5 Å². The van der Waals surface area contributed by atoms with Crippen LogP contribution in [0, 0.1) is 34.5 Å². The molecule has 158 valence electrons. The van der Waals surface area contributed by atoms with Gasteiger partial charge in [-0.15, -0.1) is 0 Å². The van der Waals surface area contributed by atoms with Crippen molar-refractivity contribution >= 4 is 12.0 Å². The second kappa shape index (κ2) is 6.58.